The second-order valence-electron chi connectivity index (χ2n) is 5.16. The summed E-state index contributed by atoms with van der Waals surface area (Å²) in [7, 11) is -1.08. The lowest BCUT2D eigenvalue weighted by molar-refractivity contribution is -0.00338. The summed E-state index contributed by atoms with van der Waals surface area (Å²) >= 11 is 0. The lowest BCUT2D eigenvalue weighted by Crippen LogP contribution is -2.72. The standard InChI is InChI=1S/C15H37NO6Si2/c1-9-14-16(15(10-2)23(17-6,18-7)19-8)24(20-11-3,21-12-4)22-13-5/h15H,9-14H2,1-8H3. The molecule has 0 N–H and O–H groups in total. The molecular weight excluding hydrogens is 346 g/mol. The highest BCUT2D eigenvalue weighted by Crippen LogP contribution is 2.28. The van der Waals surface area contributed by atoms with Gasteiger partial charge in [0.1, 0.15) is 0 Å². The summed E-state index contributed by atoms with van der Waals surface area (Å²) in [4.78, 5) is 0. The zero-order chi connectivity index (χ0) is 18.6. The Kier molecular flexibility index (Phi) is 12.6. The Hall–Kier alpha value is 0.154. The van der Waals surface area contributed by atoms with Gasteiger partial charge in [-0.1, -0.05) is 13.8 Å². The monoisotopic (exact) mass is 383 g/mol. The molecule has 0 spiro atoms. The van der Waals surface area contributed by atoms with Gasteiger partial charge in [-0.25, -0.2) is 4.57 Å². The SMILES string of the molecule is CCCN(C(CC)[Si](OC)(OC)OC)[Si](OCC)(OCC)OCC. The van der Waals surface area contributed by atoms with Crippen LogP contribution in [0.2, 0.25) is 0 Å². The van der Waals surface area contributed by atoms with Crippen LogP contribution in [0.1, 0.15) is 47.5 Å². The van der Waals surface area contributed by atoms with Crippen LogP contribution in [0.15, 0.2) is 0 Å². The van der Waals surface area contributed by atoms with E-state index in [-0.39, 0.29) is 5.67 Å². The number of rotatable bonds is 15. The van der Waals surface area contributed by atoms with E-state index in [1.807, 2.05) is 20.8 Å². The first-order chi connectivity index (χ1) is 11.5. The number of nitrogens with zero attached hydrogens (tertiary/aromatic N) is 1. The molecule has 7 nitrogen and oxygen atoms in total. The van der Waals surface area contributed by atoms with Gasteiger partial charge in [-0.2, -0.15) is 0 Å². The van der Waals surface area contributed by atoms with Gasteiger partial charge in [0.2, 0.25) is 0 Å². The predicted molar refractivity (Wildman–Crippen MR) is 98.5 cm³/mol. The fourth-order valence-electron chi connectivity index (χ4n) is 2.96. The maximum Gasteiger partial charge on any atom is 0.599 e. The predicted octanol–water partition coefficient (Wildman–Crippen LogP) is 2.44. The Labute approximate surface area is 150 Å². The summed E-state index contributed by atoms with van der Waals surface area (Å²) in [6, 6.07) is 0. The minimum absolute atomic E-state index is 0.103. The molecule has 0 aromatic rings. The average molecular weight is 384 g/mol. The Bertz CT molecular complexity index is 295. The Morgan fingerprint density at radius 2 is 1.17 bits per heavy atom. The molecule has 0 saturated heterocycles. The van der Waals surface area contributed by atoms with E-state index in [4.69, 9.17) is 26.6 Å². The third-order valence-electron chi connectivity index (χ3n) is 3.82. The Morgan fingerprint density at radius 1 is 0.750 bits per heavy atom. The average Bonchev–Trinajstić information content (AvgIpc) is 2.59. The van der Waals surface area contributed by atoms with Crippen LogP contribution in [0, 0.1) is 0 Å². The van der Waals surface area contributed by atoms with Gasteiger partial charge in [-0.3, -0.25) is 0 Å². The van der Waals surface area contributed by atoms with E-state index >= 15 is 0 Å². The highest BCUT2D eigenvalue weighted by atomic mass is 28.4. The highest BCUT2D eigenvalue weighted by molar-refractivity contribution is 6.66. The molecule has 1 atom stereocenters. The van der Waals surface area contributed by atoms with Crippen LogP contribution in [0.4, 0.5) is 0 Å². The highest BCUT2D eigenvalue weighted by Gasteiger charge is 2.59. The molecule has 1 unspecified atom stereocenters. The van der Waals surface area contributed by atoms with Crippen molar-refractivity contribution in [1.82, 2.24) is 4.57 Å². The first kappa shape index (κ1) is 24.2. The Morgan fingerprint density at radius 3 is 1.42 bits per heavy atom. The number of hydrogen-bond acceptors (Lipinski definition) is 7. The van der Waals surface area contributed by atoms with Gasteiger partial charge in [0.15, 0.2) is 0 Å². The maximum atomic E-state index is 6.11. The van der Waals surface area contributed by atoms with E-state index in [0.29, 0.717) is 19.8 Å². The summed E-state index contributed by atoms with van der Waals surface area (Å²) < 4.78 is 37.8. The quantitative estimate of drug-likeness (QED) is 0.403. The molecule has 0 aliphatic rings. The smallest absolute Gasteiger partial charge is 0.376 e. The van der Waals surface area contributed by atoms with Gasteiger partial charge in [0.25, 0.3) is 0 Å². The topological polar surface area (TPSA) is 58.6 Å². The van der Waals surface area contributed by atoms with Crippen LogP contribution in [-0.4, -0.2) is 75.7 Å². The van der Waals surface area contributed by atoms with Crippen LogP contribution in [0.25, 0.3) is 0 Å². The van der Waals surface area contributed by atoms with Crippen molar-refractivity contribution in [1.29, 1.82) is 0 Å². The van der Waals surface area contributed by atoms with E-state index in [2.05, 4.69) is 18.4 Å². The largest absolute Gasteiger partial charge is 0.599 e. The minimum Gasteiger partial charge on any atom is -0.376 e. The van der Waals surface area contributed by atoms with Crippen LogP contribution in [-0.2, 0) is 26.6 Å². The fourth-order valence-corrected chi connectivity index (χ4v) is 9.14. The van der Waals surface area contributed by atoms with E-state index in [0.717, 1.165) is 19.4 Å². The zero-order valence-corrected chi connectivity index (χ0v) is 18.7. The zero-order valence-electron chi connectivity index (χ0n) is 16.7. The third kappa shape index (κ3) is 5.58. The van der Waals surface area contributed by atoms with Crippen LogP contribution in [0.3, 0.4) is 0 Å². The third-order valence-corrected chi connectivity index (χ3v) is 10.5. The molecule has 0 radical (unpaired) electrons. The van der Waals surface area contributed by atoms with Crippen molar-refractivity contribution in [3.05, 3.63) is 0 Å². The summed E-state index contributed by atoms with van der Waals surface area (Å²) in [6.07, 6.45) is 1.71. The van der Waals surface area contributed by atoms with Gasteiger partial charge >= 0.3 is 17.8 Å². The van der Waals surface area contributed by atoms with Crippen LogP contribution >= 0.6 is 0 Å². The van der Waals surface area contributed by atoms with Crippen molar-refractivity contribution >= 4 is 17.8 Å². The summed E-state index contributed by atoms with van der Waals surface area (Å²) in [6.45, 7) is 12.4. The van der Waals surface area contributed by atoms with Crippen LogP contribution in [0.5, 0.6) is 0 Å². The van der Waals surface area contributed by atoms with Gasteiger partial charge < -0.3 is 26.6 Å². The fraction of sp³-hybridized carbons (Fsp3) is 1.00. The molecule has 0 aliphatic carbocycles. The summed E-state index contributed by atoms with van der Waals surface area (Å²) in [5.74, 6) is 0. The molecule has 24 heavy (non-hydrogen) atoms. The maximum absolute atomic E-state index is 6.11. The van der Waals surface area contributed by atoms with Crippen molar-refractivity contribution in [2.75, 3.05) is 47.7 Å². The summed E-state index contributed by atoms with van der Waals surface area (Å²) in [5, 5.41) is 0. The van der Waals surface area contributed by atoms with E-state index in [9.17, 15) is 0 Å². The molecule has 0 amide bonds. The molecular formula is C15H37NO6Si2. The van der Waals surface area contributed by atoms with Crippen LogP contribution < -0.4 is 0 Å². The molecule has 0 aromatic carbocycles. The molecule has 0 aliphatic heterocycles. The second kappa shape index (κ2) is 12.5. The second-order valence-corrected chi connectivity index (χ2v) is 10.7. The summed E-state index contributed by atoms with van der Waals surface area (Å²) in [5.41, 5.74) is -0.103. The first-order valence-corrected chi connectivity index (χ1v) is 12.3. The molecule has 9 heteroatoms. The van der Waals surface area contributed by atoms with Gasteiger partial charge in [-0.15, -0.1) is 0 Å². The van der Waals surface area contributed by atoms with Gasteiger partial charge in [-0.05, 0) is 40.2 Å². The molecule has 0 saturated carbocycles. The number of hydrogen-bond donors (Lipinski definition) is 0. The van der Waals surface area contributed by atoms with E-state index in [1.165, 1.54) is 0 Å². The van der Waals surface area contributed by atoms with Crippen molar-refractivity contribution in [2.45, 2.75) is 53.1 Å². The van der Waals surface area contributed by atoms with Crippen molar-refractivity contribution in [3.63, 3.8) is 0 Å². The lowest BCUT2D eigenvalue weighted by Gasteiger charge is -2.45. The normalized spacial score (nSPS) is 14.4. The van der Waals surface area contributed by atoms with Crippen molar-refractivity contribution < 1.29 is 26.6 Å². The Balaban J connectivity index is 6.03. The molecule has 0 fully saturated rings. The van der Waals surface area contributed by atoms with Gasteiger partial charge in [0.05, 0.1) is 5.67 Å². The molecule has 0 aromatic heterocycles. The molecule has 0 heterocycles. The minimum atomic E-state index is -3.06. The first-order valence-electron chi connectivity index (χ1n) is 8.85. The van der Waals surface area contributed by atoms with Gasteiger partial charge in [0, 0.05) is 41.2 Å². The van der Waals surface area contributed by atoms with Crippen molar-refractivity contribution in [3.8, 4) is 0 Å². The molecule has 0 rings (SSSR count). The molecule has 146 valence electrons. The lowest BCUT2D eigenvalue weighted by atomic mass is 10.4. The molecule has 0 bridgehead atoms. The van der Waals surface area contributed by atoms with E-state index in [1.54, 1.807) is 21.3 Å². The van der Waals surface area contributed by atoms with E-state index < -0.39 is 17.8 Å². The van der Waals surface area contributed by atoms with Crippen molar-refractivity contribution in [2.24, 2.45) is 0 Å².